The van der Waals surface area contributed by atoms with Gasteiger partial charge < -0.3 is 15.1 Å². The van der Waals surface area contributed by atoms with Gasteiger partial charge in [-0.1, -0.05) is 35.9 Å². The Morgan fingerprint density at radius 3 is 2.41 bits per heavy atom. The van der Waals surface area contributed by atoms with Crippen molar-refractivity contribution >= 4 is 34.7 Å². The summed E-state index contributed by atoms with van der Waals surface area (Å²) >= 11 is 6.21. The van der Waals surface area contributed by atoms with Gasteiger partial charge in [0.1, 0.15) is 5.82 Å². The Hall–Kier alpha value is -2.79. The second-order valence-corrected chi connectivity index (χ2v) is 7.05. The molecule has 0 saturated carbocycles. The van der Waals surface area contributed by atoms with Gasteiger partial charge >= 0.3 is 0 Å². The van der Waals surface area contributed by atoms with E-state index in [1.54, 1.807) is 6.20 Å². The molecule has 27 heavy (non-hydrogen) atoms. The van der Waals surface area contributed by atoms with Gasteiger partial charge in [0.15, 0.2) is 0 Å². The van der Waals surface area contributed by atoms with E-state index in [1.165, 1.54) is 5.69 Å². The van der Waals surface area contributed by atoms with Crippen LogP contribution in [0.2, 0.25) is 5.02 Å². The number of para-hydroxylation sites is 1. The average Bonchev–Trinajstić information content (AvgIpc) is 2.72. The van der Waals surface area contributed by atoms with Crippen molar-refractivity contribution in [3.8, 4) is 0 Å². The van der Waals surface area contributed by atoms with Crippen molar-refractivity contribution in [2.75, 3.05) is 41.3 Å². The fourth-order valence-corrected chi connectivity index (χ4v) is 3.37. The number of piperazine rings is 1. The zero-order chi connectivity index (χ0) is 18.6. The van der Waals surface area contributed by atoms with Crippen molar-refractivity contribution in [3.05, 3.63) is 71.4 Å². The third kappa shape index (κ3) is 4.14. The smallest absolute Gasteiger partial charge is 0.227 e. The molecule has 1 saturated heterocycles. The van der Waals surface area contributed by atoms with Crippen molar-refractivity contribution in [1.82, 2.24) is 9.97 Å². The largest absolute Gasteiger partial charge is 0.368 e. The molecule has 0 radical (unpaired) electrons. The SMILES string of the molecule is Cc1ccc(Nc2ccnc(N3CCN(c4ccccc4)CC3)n2)cc1Cl. The van der Waals surface area contributed by atoms with E-state index in [9.17, 15) is 0 Å². The Balaban J connectivity index is 1.43. The summed E-state index contributed by atoms with van der Waals surface area (Å²) < 4.78 is 0. The van der Waals surface area contributed by atoms with Gasteiger partial charge in [-0.3, -0.25) is 0 Å². The third-order valence-electron chi connectivity index (χ3n) is 4.77. The van der Waals surface area contributed by atoms with Crippen LogP contribution in [0.3, 0.4) is 0 Å². The first-order valence-electron chi connectivity index (χ1n) is 9.10. The molecule has 0 amide bonds. The maximum atomic E-state index is 6.21. The Kier molecular flexibility index (Phi) is 5.12. The molecular formula is C21H22ClN5. The molecule has 0 aliphatic carbocycles. The summed E-state index contributed by atoms with van der Waals surface area (Å²) in [6.07, 6.45) is 1.80. The molecule has 4 rings (SSSR count). The number of hydrogen-bond acceptors (Lipinski definition) is 5. The predicted molar refractivity (Wildman–Crippen MR) is 112 cm³/mol. The predicted octanol–water partition coefficient (Wildman–Crippen LogP) is 4.51. The first-order valence-corrected chi connectivity index (χ1v) is 9.48. The summed E-state index contributed by atoms with van der Waals surface area (Å²) in [5.41, 5.74) is 3.25. The molecular weight excluding hydrogens is 358 g/mol. The van der Waals surface area contributed by atoms with Crippen LogP contribution in [-0.2, 0) is 0 Å². The van der Waals surface area contributed by atoms with Crippen molar-refractivity contribution < 1.29 is 0 Å². The highest BCUT2D eigenvalue weighted by molar-refractivity contribution is 6.31. The van der Waals surface area contributed by atoms with E-state index in [1.807, 2.05) is 37.3 Å². The number of nitrogens with one attached hydrogen (secondary N) is 1. The van der Waals surface area contributed by atoms with E-state index >= 15 is 0 Å². The zero-order valence-corrected chi connectivity index (χ0v) is 16.0. The molecule has 1 aliphatic heterocycles. The molecule has 0 atom stereocenters. The molecule has 1 aromatic heterocycles. The summed E-state index contributed by atoms with van der Waals surface area (Å²) in [6.45, 7) is 5.70. The average molecular weight is 380 g/mol. The van der Waals surface area contributed by atoms with Gasteiger partial charge in [0.25, 0.3) is 0 Å². The topological polar surface area (TPSA) is 44.3 Å². The van der Waals surface area contributed by atoms with Crippen LogP contribution in [0.5, 0.6) is 0 Å². The molecule has 1 fully saturated rings. The fraction of sp³-hybridized carbons (Fsp3) is 0.238. The summed E-state index contributed by atoms with van der Waals surface area (Å²) in [5, 5.41) is 4.06. The molecule has 3 aromatic rings. The number of benzene rings is 2. The second kappa shape index (κ2) is 7.84. The first kappa shape index (κ1) is 17.6. The highest BCUT2D eigenvalue weighted by Gasteiger charge is 2.19. The molecule has 2 heterocycles. The highest BCUT2D eigenvalue weighted by Crippen LogP contribution is 2.23. The molecule has 0 spiro atoms. The lowest BCUT2D eigenvalue weighted by molar-refractivity contribution is 0.640. The summed E-state index contributed by atoms with van der Waals surface area (Å²) in [5.74, 6) is 1.52. The monoisotopic (exact) mass is 379 g/mol. The number of nitrogens with zero attached hydrogens (tertiary/aromatic N) is 4. The fourth-order valence-electron chi connectivity index (χ4n) is 3.19. The molecule has 2 aromatic carbocycles. The van der Waals surface area contributed by atoms with Gasteiger partial charge in [-0.05, 0) is 42.8 Å². The quantitative estimate of drug-likeness (QED) is 0.722. The Labute approximate surface area is 164 Å². The first-order chi connectivity index (χ1) is 13.2. The van der Waals surface area contributed by atoms with Gasteiger partial charge in [0, 0.05) is 48.8 Å². The van der Waals surface area contributed by atoms with Gasteiger partial charge in [-0.2, -0.15) is 4.98 Å². The van der Waals surface area contributed by atoms with Crippen LogP contribution in [-0.4, -0.2) is 36.1 Å². The zero-order valence-electron chi connectivity index (χ0n) is 15.3. The highest BCUT2D eigenvalue weighted by atomic mass is 35.5. The summed E-state index contributed by atoms with van der Waals surface area (Å²) in [6, 6.07) is 18.3. The lowest BCUT2D eigenvalue weighted by Gasteiger charge is -2.36. The Morgan fingerprint density at radius 1 is 0.926 bits per heavy atom. The molecule has 138 valence electrons. The van der Waals surface area contributed by atoms with Crippen molar-refractivity contribution in [3.63, 3.8) is 0 Å². The number of anilines is 4. The van der Waals surface area contributed by atoms with Gasteiger partial charge in [-0.15, -0.1) is 0 Å². The normalized spacial score (nSPS) is 14.3. The standard InChI is InChI=1S/C21H22ClN5/c1-16-7-8-17(15-19(16)22)24-20-9-10-23-21(25-20)27-13-11-26(12-14-27)18-5-3-2-4-6-18/h2-10,15H,11-14H2,1H3,(H,23,24,25). The van der Waals surface area contributed by atoms with E-state index in [4.69, 9.17) is 11.6 Å². The van der Waals surface area contributed by atoms with E-state index in [-0.39, 0.29) is 0 Å². The Morgan fingerprint density at radius 2 is 1.67 bits per heavy atom. The van der Waals surface area contributed by atoms with Crippen molar-refractivity contribution in [2.45, 2.75) is 6.92 Å². The van der Waals surface area contributed by atoms with E-state index in [0.29, 0.717) is 0 Å². The van der Waals surface area contributed by atoms with E-state index in [2.05, 4.69) is 49.4 Å². The second-order valence-electron chi connectivity index (χ2n) is 6.64. The number of rotatable bonds is 4. The molecule has 1 N–H and O–H groups in total. The van der Waals surface area contributed by atoms with E-state index in [0.717, 1.165) is 54.2 Å². The number of halogens is 1. The van der Waals surface area contributed by atoms with Gasteiger partial charge in [0.05, 0.1) is 0 Å². The number of aromatic nitrogens is 2. The Bertz CT molecular complexity index is 907. The summed E-state index contributed by atoms with van der Waals surface area (Å²) in [7, 11) is 0. The third-order valence-corrected chi connectivity index (χ3v) is 5.18. The van der Waals surface area contributed by atoms with Crippen LogP contribution in [0.15, 0.2) is 60.8 Å². The van der Waals surface area contributed by atoms with Gasteiger partial charge in [-0.25, -0.2) is 4.98 Å². The minimum atomic E-state index is 0.742. The maximum Gasteiger partial charge on any atom is 0.227 e. The van der Waals surface area contributed by atoms with Crippen molar-refractivity contribution in [2.24, 2.45) is 0 Å². The molecule has 6 heteroatoms. The van der Waals surface area contributed by atoms with Crippen LogP contribution < -0.4 is 15.1 Å². The summed E-state index contributed by atoms with van der Waals surface area (Å²) in [4.78, 5) is 13.8. The lowest BCUT2D eigenvalue weighted by atomic mass is 10.2. The minimum Gasteiger partial charge on any atom is -0.368 e. The van der Waals surface area contributed by atoms with Crippen LogP contribution in [0.25, 0.3) is 0 Å². The molecule has 1 aliphatic rings. The minimum absolute atomic E-state index is 0.742. The maximum absolute atomic E-state index is 6.21. The van der Waals surface area contributed by atoms with Gasteiger partial charge in [0.2, 0.25) is 5.95 Å². The van der Waals surface area contributed by atoms with Crippen LogP contribution >= 0.6 is 11.6 Å². The molecule has 5 nitrogen and oxygen atoms in total. The number of aryl methyl sites for hydroxylation is 1. The number of hydrogen-bond donors (Lipinski definition) is 1. The molecule has 0 bridgehead atoms. The van der Waals surface area contributed by atoms with Crippen LogP contribution in [0, 0.1) is 6.92 Å². The lowest BCUT2D eigenvalue weighted by Crippen LogP contribution is -2.47. The van der Waals surface area contributed by atoms with Crippen LogP contribution in [0.1, 0.15) is 5.56 Å². The molecule has 0 unspecified atom stereocenters. The van der Waals surface area contributed by atoms with E-state index < -0.39 is 0 Å². The van der Waals surface area contributed by atoms with Crippen LogP contribution in [0.4, 0.5) is 23.1 Å². The van der Waals surface area contributed by atoms with Crippen molar-refractivity contribution in [1.29, 1.82) is 0 Å².